The van der Waals surface area contributed by atoms with Gasteiger partial charge in [-0.25, -0.2) is 18.4 Å². The Morgan fingerprint density at radius 1 is 1.00 bits per heavy atom. The van der Waals surface area contributed by atoms with Crippen molar-refractivity contribution in [2.75, 3.05) is 31.1 Å². The molecule has 150 valence electrons. The molecule has 28 heavy (non-hydrogen) atoms. The van der Waals surface area contributed by atoms with E-state index in [2.05, 4.69) is 15.0 Å². The molecule has 3 aliphatic rings. The first-order valence-corrected chi connectivity index (χ1v) is 11.3. The topological polar surface area (TPSA) is 92.4 Å². The largest absolute Gasteiger partial charge is 0.360 e. The van der Waals surface area contributed by atoms with Crippen LogP contribution in [0.1, 0.15) is 35.0 Å². The molecular weight excluding hydrogens is 378 g/mol. The van der Waals surface area contributed by atoms with Gasteiger partial charge in [-0.05, 0) is 51.9 Å². The summed E-state index contributed by atoms with van der Waals surface area (Å²) in [7, 11) is -3.56. The summed E-state index contributed by atoms with van der Waals surface area (Å²) in [5.74, 6) is 2.92. The first kappa shape index (κ1) is 18.1. The lowest BCUT2D eigenvalue weighted by Crippen LogP contribution is -2.34. The Kier molecular flexibility index (Phi) is 4.03. The van der Waals surface area contributed by atoms with Crippen LogP contribution in [-0.4, -0.2) is 54.0 Å². The predicted octanol–water partition coefficient (Wildman–Crippen LogP) is 1.64. The fourth-order valence-electron chi connectivity index (χ4n) is 5.09. The van der Waals surface area contributed by atoms with Crippen molar-refractivity contribution in [3.05, 3.63) is 28.5 Å². The van der Waals surface area contributed by atoms with Crippen LogP contribution >= 0.6 is 0 Å². The van der Waals surface area contributed by atoms with Gasteiger partial charge in [-0.3, -0.25) is 0 Å². The summed E-state index contributed by atoms with van der Waals surface area (Å²) >= 11 is 0. The van der Waals surface area contributed by atoms with Gasteiger partial charge in [0.1, 0.15) is 22.2 Å². The molecule has 9 heteroatoms. The summed E-state index contributed by atoms with van der Waals surface area (Å²) in [6, 6.07) is 0. The maximum Gasteiger partial charge on any atom is 0.248 e. The molecule has 1 aliphatic carbocycles. The van der Waals surface area contributed by atoms with Gasteiger partial charge in [0, 0.05) is 37.4 Å². The summed E-state index contributed by atoms with van der Waals surface area (Å²) in [4.78, 5) is 11.9. The van der Waals surface area contributed by atoms with Gasteiger partial charge in [-0.15, -0.1) is 0 Å². The van der Waals surface area contributed by atoms with E-state index in [-0.39, 0.29) is 4.90 Å². The van der Waals surface area contributed by atoms with Crippen molar-refractivity contribution in [3.8, 4) is 0 Å². The third kappa shape index (κ3) is 2.67. The van der Waals surface area contributed by atoms with Gasteiger partial charge in [0.25, 0.3) is 0 Å². The standard InChI is InChI=1S/C19H25N5O3S/c1-11-18(12(2)27-22-11)28(25,26)24-9-14-7-23(8-15(14)10-24)19-16-5-4-6-17(16)20-13(3)21-19/h14-15H,4-10H2,1-3H3. The second-order valence-electron chi connectivity index (χ2n) is 8.27. The Labute approximate surface area is 165 Å². The van der Waals surface area contributed by atoms with Crippen molar-refractivity contribution in [3.63, 3.8) is 0 Å². The molecule has 4 heterocycles. The molecular formula is C19H25N5O3S. The fraction of sp³-hybridized carbons (Fsp3) is 0.632. The number of anilines is 1. The summed E-state index contributed by atoms with van der Waals surface area (Å²) < 4.78 is 32.9. The van der Waals surface area contributed by atoms with Crippen LogP contribution in [-0.2, 0) is 22.9 Å². The second kappa shape index (κ2) is 6.25. The summed E-state index contributed by atoms with van der Waals surface area (Å²) in [5.41, 5.74) is 2.93. The Morgan fingerprint density at radius 2 is 1.71 bits per heavy atom. The van der Waals surface area contributed by atoms with Gasteiger partial charge >= 0.3 is 0 Å². The highest BCUT2D eigenvalue weighted by Crippen LogP contribution is 2.39. The van der Waals surface area contributed by atoms with Crippen molar-refractivity contribution in [1.29, 1.82) is 0 Å². The number of hydrogen-bond acceptors (Lipinski definition) is 7. The van der Waals surface area contributed by atoms with Crippen molar-refractivity contribution in [2.24, 2.45) is 11.8 Å². The minimum Gasteiger partial charge on any atom is -0.360 e. The van der Waals surface area contributed by atoms with Crippen molar-refractivity contribution >= 4 is 15.8 Å². The molecule has 2 aliphatic heterocycles. The Balaban J connectivity index is 1.37. The van der Waals surface area contributed by atoms with Crippen molar-refractivity contribution < 1.29 is 12.9 Å². The van der Waals surface area contributed by atoms with E-state index in [4.69, 9.17) is 9.51 Å². The minimum absolute atomic E-state index is 0.230. The maximum atomic E-state index is 13.1. The molecule has 2 aromatic rings. The number of hydrogen-bond donors (Lipinski definition) is 0. The predicted molar refractivity (Wildman–Crippen MR) is 103 cm³/mol. The summed E-state index contributed by atoms with van der Waals surface area (Å²) in [6.45, 7) is 8.07. The van der Waals surface area contributed by atoms with E-state index in [1.54, 1.807) is 18.2 Å². The first-order chi connectivity index (χ1) is 13.3. The highest BCUT2D eigenvalue weighted by atomic mass is 32.2. The van der Waals surface area contributed by atoms with Gasteiger partial charge < -0.3 is 9.42 Å². The third-order valence-electron chi connectivity index (χ3n) is 6.34. The Morgan fingerprint density at radius 3 is 2.36 bits per heavy atom. The molecule has 5 rings (SSSR count). The monoisotopic (exact) mass is 403 g/mol. The highest BCUT2D eigenvalue weighted by Gasteiger charge is 2.46. The summed E-state index contributed by atoms with van der Waals surface area (Å²) in [5, 5.41) is 3.82. The second-order valence-corrected chi connectivity index (χ2v) is 10.1. The maximum absolute atomic E-state index is 13.1. The van der Waals surface area contributed by atoms with Crippen LogP contribution in [0.3, 0.4) is 0 Å². The molecule has 2 unspecified atom stereocenters. The molecule has 0 saturated carbocycles. The van der Waals surface area contributed by atoms with Crippen LogP contribution in [0, 0.1) is 32.6 Å². The average Bonchev–Trinajstić information content (AvgIpc) is 3.36. The number of sulfonamides is 1. The number of aromatic nitrogens is 3. The van der Waals surface area contributed by atoms with Gasteiger partial charge in [-0.1, -0.05) is 5.16 Å². The Bertz CT molecular complexity index is 1010. The van der Waals surface area contributed by atoms with E-state index in [1.165, 1.54) is 11.3 Å². The van der Waals surface area contributed by atoms with Crippen LogP contribution in [0.25, 0.3) is 0 Å². The fourth-order valence-corrected chi connectivity index (χ4v) is 6.93. The van der Waals surface area contributed by atoms with E-state index in [0.717, 1.165) is 44.0 Å². The van der Waals surface area contributed by atoms with Crippen molar-refractivity contribution in [2.45, 2.75) is 44.9 Å². The van der Waals surface area contributed by atoms with Crippen molar-refractivity contribution in [1.82, 2.24) is 19.4 Å². The first-order valence-electron chi connectivity index (χ1n) is 9.89. The van der Waals surface area contributed by atoms with E-state index in [1.807, 2.05) is 6.92 Å². The Hall–Kier alpha value is -2.00. The normalized spacial score (nSPS) is 24.8. The quantitative estimate of drug-likeness (QED) is 0.769. The molecule has 8 nitrogen and oxygen atoms in total. The zero-order chi connectivity index (χ0) is 19.6. The number of nitrogens with zero attached hydrogens (tertiary/aromatic N) is 5. The van der Waals surface area contributed by atoms with E-state index < -0.39 is 10.0 Å². The van der Waals surface area contributed by atoms with Crippen LogP contribution in [0.4, 0.5) is 5.82 Å². The number of rotatable bonds is 3. The molecule has 0 aromatic carbocycles. The molecule has 0 spiro atoms. The molecule has 2 aromatic heterocycles. The van der Waals surface area contributed by atoms with Gasteiger partial charge in [0.15, 0.2) is 5.76 Å². The van der Waals surface area contributed by atoms with E-state index in [9.17, 15) is 8.42 Å². The van der Waals surface area contributed by atoms with Crippen LogP contribution in [0.5, 0.6) is 0 Å². The highest BCUT2D eigenvalue weighted by molar-refractivity contribution is 7.89. The van der Waals surface area contributed by atoms with Crippen LogP contribution in [0.2, 0.25) is 0 Å². The number of fused-ring (bicyclic) bond motifs is 2. The van der Waals surface area contributed by atoms with Gasteiger partial charge in [0.2, 0.25) is 10.0 Å². The SMILES string of the molecule is Cc1nc2c(c(N3CC4CN(S(=O)(=O)c5c(C)noc5C)CC4C3)n1)CCC2. The molecule has 0 radical (unpaired) electrons. The molecule has 2 atom stereocenters. The zero-order valence-corrected chi connectivity index (χ0v) is 17.3. The molecule has 0 amide bonds. The molecule has 0 bridgehead atoms. The minimum atomic E-state index is -3.56. The lowest BCUT2D eigenvalue weighted by atomic mass is 10.0. The third-order valence-corrected chi connectivity index (χ3v) is 8.42. The van der Waals surface area contributed by atoms with Gasteiger partial charge in [0.05, 0.1) is 0 Å². The zero-order valence-electron chi connectivity index (χ0n) is 16.5. The van der Waals surface area contributed by atoms with Gasteiger partial charge in [-0.2, -0.15) is 4.31 Å². The van der Waals surface area contributed by atoms with E-state index >= 15 is 0 Å². The lowest BCUT2D eigenvalue weighted by Gasteiger charge is -2.24. The smallest absolute Gasteiger partial charge is 0.248 e. The average molecular weight is 404 g/mol. The molecule has 2 fully saturated rings. The summed E-state index contributed by atoms with van der Waals surface area (Å²) in [6.07, 6.45) is 3.23. The van der Waals surface area contributed by atoms with Crippen LogP contribution in [0.15, 0.2) is 9.42 Å². The number of aryl methyl sites for hydroxylation is 4. The van der Waals surface area contributed by atoms with E-state index in [0.29, 0.717) is 36.4 Å². The lowest BCUT2D eigenvalue weighted by molar-refractivity contribution is 0.389. The van der Waals surface area contributed by atoms with Crippen LogP contribution < -0.4 is 4.90 Å². The molecule has 0 N–H and O–H groups in total. The molecule has 2 saturated heterocycles.